The van der Waals surface area contributed by atoms with Crippen molar-refractivity contribution in [3.05, 3.63) is 106 Å². The topological polar surface area (TPSA) is 58.2 Å². The van der Waals surface area contributed by atoms with Gasteiger partial charge >= 0.3 is 0 Å². The molecule has 2 N–H and O–H groups in total. The first-order valence-corrected chi connectivity index (χ1v) is 9.04. The van der Waals surface area contributed by atoms with Crippen LogP contribution in [0.15, 0.2) is 72.8 Å². The Morgan fingerprint density at radius 3 is 1.71 bits per heavy atom. The number of hydrogen-bond donors (Lipinski definition) is 2. The summed E-state index contributed by atoms with van der Waals surface area (Å²) in [5.74, 6) is -0.910. The third-order valence-corrected chi connectivity index (χ3v) is 4.37. The highest BCUT2D eigenvalue weighted by atomic mass is 35.5. The summed E-state index contributed by atoms with van der Waals surface area (Å²) >= 11 is 5.85. The maximum Gasteiger partial charge on any atom is 0.251 e. The number of hydrogen-bond acceptors (Lipinski definition) is 2. The summed E-state index contributed by atoms with van der Waals surface area (Å²) in [5, 5.41) is 6.21. The van der Waals surface area contributed by atoms with E-state index in [0.717, 1.165) is 11.1 Å². The Morgan fingerprint density at radius 1 is 0.750 bits per heavy atom. The van der Waals surface area contributed by atoms with Crippen LogP contribution in [0.2, 0.25) is 5.02 Å². The second-order valence-electron chi connectivity index (χ2n) is 6.20. The molecule has 3 rings (SSSR count). The molecule has 0 saturated carbocycles. The number of amides is 2. The van der Waals surface area contributed by atoms with Crippen LogP contribution >= 0.6 is 11.6 Å². The van der Waals surface area contributed by atoms with Gasteiger partial charge in [0.1, 0.15) is 5.82 Å². The monoisotopic (exact) mass is 396 g/mol. The van der Waals surface area contributed by atoms with Gasteiger partial charge in [-0.15, -0.1) is 0 Å². The Hall–Kier alpha value is -3.18. The van der Waals surface area contributed by atoms with Crippen molar-refractivity contribution in [3.63, 3.8) is 0 Å². The van der Waals surface area contributed by atoms with Gasteiger partial charge in [0.05, 0.1) is 0 Å². The molecule has 0 radical (unpaired) electrons. The fourth-order valence-corrected chi connectivity index (χ4v) is 2.70. The Kier molecular flexibility index (Phi) is 6.40. The summed E-state index contributed by atoms with van der Waals surface area (Å²) in [6, 6.07) is 19.6. The quantitative estimate of drug-likeness (QED) is 0.651. The van der Waals surface area contributed by atoms with Crippen LogP contribution in [0.3, 0.4) is 0 Å². The van der Waals surface area contributed by atoms with Gasteiger partial charge in [0, 0.05) is 29.2 Å². The lowest BCUT2D eigenvalue weighted by Crippen LogP contribution is -2.25. The van der Waals surface area contributed by atoms with E-state index in [1.54, 1.807) is 42.5 Å². The van der Waals surface area contributed by atoms with E-state index in [-0.39, 0.29) is 24.2 Å². The summed E-state index contributed by atoms with van der Waals surface area (Å²) < 4.78 is 12.9. The van der Waals surface area contributed by atoms with E-state index in [9.17, 15) is 14.0 Å². The zero-order valence-corrected chi connectivity index (χ0v) is 15.7. The Bertz CT molecular complexity index is 896. The van der Waals surface area contributed by atoms with Gasteiger partial charge in [0.25, 0.3) is 11.8 Å². The van der Waals surface area contributed by atoms with Crippen LogP contribution in [0.5, 0.6) is 0 Å². The highest BCUT2D eigenvalue weighted by Gasteiger charge is 2.10. The maximum atomic E-state index is 12.9. The molecule has 3 aromatic rings. The van der Waals surface area contributed by atoms with Crippen molar-refractivity contribution in [1.29, 1.82) is 0 Å². The van der Waals surface area contributed by atoms with Crippen LogP contribution in [0.25, 0.3) is 0 Å². The SMILES string of the molecule is O=C(NCc1ccc(F)cc1)c1cccc(C(=O)NCc2ccc(Cl)cc2)c1. The van der Waals surface area contributed by atoms with Crippen molar-refractivity contribution in [2.75, 3.05) is 0 Å². The molecule has 28 heavy (non-hydrogen) atoms. The number of carbonyl (C=O) groups is 2. The van der Waals surface area contributed by atoms with Gasteiger partial charge in [-0.3, -0.25) is 9.59 Å². The largest absolute Gasteiger partial charge is 0.348 e. The molecule has 0 aromatic heterocycles. The Balaban J connectivity index is 1.58. The van der Waals surface area contributed by atoms with Gasteiger partial charge in [-0.2, -0.15) is 0 Å². The molecule has 0 aliphatic carbocycles. The van der Waals surface area contributed by atoms with E-state index in [4.69, 9.17) is 11.6 Å². The molecule has 0 saturated heterocycles. The van der Waals surface area contributed by atoms with Crippen molar-refractivity contribution in [2.24, 2.45) is 0 Å². The summed E-state index contributed by atoms with van der Waals surface area (Å²) in [6.45, 7) is 0.628. The summed E-state index contributed by atoms with van der Waals surface area (Å²) in [5.41, 5.74) is 2.47. The number of benzene rings is 3. The summed E-state index contributed by atoms with van der Waals surface area (Å²) in [4.78, 5) is 24.7. The van der Waals surface area contributed by atoms with E-state index in [0.29, 0.717) is 22.7 Å². The molecule has 0 aliphatic heterocycles. The van der Waals surface area contributed by atoms with Crippen molar-refractivity contribution >= 4 is 23.4 Å². The fourth-order valence-electron chi connectivity index (χ4n) is 2.57. The van der Waals surface area contributed by atoms with Gasteiger partial charge in [-0.25, -0.2) is 4.39 Å². The zero-order chi connectivity index (χ0) is 19.9. The van der Waals surface area contributed by atoms with Crippen molar-refractivity contribution in [2.45, 2.75) is 13.1 Å². The van der Waals surface area contributed by atoms with Crippen molar-refractivity contribution < 1.29 is 14.0 Å². The average molecular weight is 397 g/mol. The predicted octanol–water partition coefficient (Wildman–Crippen LogP) is 4.34. The third kappa shape index (κ3) is 5.41. The molecule has 0 bridgehead atoms. The molecule has 3 aromatic carbocycles. The molecular weight excluding hydrogens is 379 g/mol. The lowest BCUT2D eigenvalue weighted by atomic mass is 10.1. The molecule has 0 aliphatic rings. The third-order valence-electron chi connectivity index (χ3n) is 4.12. The minimum absolute atomic E-state index is 0.270. The van der Waals surface area contributed by atoms with Gasteiger partial charge in [0.2, 0.25) is 0 Å². The minimum Gasteiger partial charge on any atom is -0.348 e. The first-order valence-electron chi connectivity index (χ1n) is 8.66. The smallest absolute Gasteiger partial charge is 0.251 e. The molecule has 0 unspecified atom stereocenters. The van der Waals surface area contributed by atoms with Crippen LogP contribution in [-0.4, -0.2) is 11.8 Å². The minimum atomic E-state index is -0.326. The second-order valence-corrected chi connectivity index (χ2v) is 6.64. The van der Waals surface area contributed by atoms with Crippen LogP contribution < -0.4 is 10.6 Å². The molecule has 0 heterocycles. The number of nitrogens with one attached hydrogen (secondary N) is 2. The Labute approximate surface area is 167 Å². The van der Waals surface area contributed by atoms with Crippen molar-refractivity contribution in [3.8, 4) is 0 Å². The molecular formula is C22H18ClFN2O2. The van der Waals surface area contributed by atoms with E-state index < -0.39 is 0 Å². The van der Waals surface area contributed by atoms with Gasteiger partial charge in [-0.05, 0) is 53.6 Å². The molecule has 142 valence electrons. The molecule has 0 atom stereocenters. The normalized spacial score (nSPS) is 10.4. The molecule has 0 fully saturated rings. The summed E-state index contributed by atoms with van der Waals surface area (Å²) in [7, 11) is 0. The van der Waals surface area contributed by atoms with Gasteiger partial charge in [0.15, 0.2) is 0 Å². The number of rotatable bonds is 6. The van der Waals surface area contributed by atoms with E-state index in [1.165, 1.54) is 18.2 Å². The van der Waals surface area contributed by atoms with Crippen LogP contribution in [-0.2, 0) is 13.1 Å². The van der Waals surface area contributed by atoms with Crippen LogP contribution in [0.4, 0.5) is 4.39 Å². The number of carbonyl (C=O) groups excluding carboxylic acids is 2. The molecule has 6 heteroatoms. The van der Waals surface area contributed by atoms with Gasteiger partial charge in [-0.1, -0.05) is 41.9 Å². The van der Waals surface area contributed by atoms with Crippen LogP contribution in [0.1, 0.15) is 31.8 Å². The fraction of sp³-hybridized carbons (Fsp3) is 0.0909. The number of halogens is 2. The molecule has 0 spiro atoms. The van der Waals surface area contributed by atoms with Crippen LogP contribution in [0, 0.1) is 5.82 Å². The maximum absolute atomic E-state index is 12.9. The average Bonchev–Trinajstić information content (AvgIpc) is 2.72. The lowest BCUT2D eigenvalue weighted by molar-refractivity contribution is 0.0950. The molecule has 4 nitrogen and oxygen atoms in total. The summed E-state index contributed by atoms with van der Waals surface area (Å²) in [6.07, 6.45) is 0. The first-order chi connectivity index (χ1) is 13.5. The standard InChI is InChI=1S/C22H18ClFN2O2/c23-19-8-4-15(5-9-19)13-25-21(27)17-2-1-3-18(12-17)22(28)26-14-16-6-10-20(24)11-7-16/h1-12H,13-14H2,(H,25,27)(H,26,28). The van der Waals surface area contributed by atoms with E-state index >= 15 is 0 Å². The second kappa shape index (κ2) is 9.15. The van der Waals surface area contributed by atoms with E-state index in [2.05, 4.69) is 10.6 Å². The van der Waals surface area contributed by atoms with Crippen molar-refractivity contribution in [1.82, 2.24) is 10.6 Å². The first kappa shape index (κ1) is 19.6. The predicted molar refractivity (Wildman–Crippen MR) is 107 cm³/mol. The van der Waals surface area contributed by atoms with E-state index in [1.807, 2.05) is 12.1 Å². The zero-order valence-electron chi connectivity index (χ0n) is 14.9. The lowest BCUT2D eigenvalue weighted by Gasteiger charge is -2.08. The Morgan fingerprint density at radius 2 is 1.21 bits per heavy atom. The highest BCUT2D eigenvalue weighted by molar-refractivity contribution is 6.30. The molecule has 2 amide bonds. The highest BCUT2D eigenvalue weighted by Crippen LogP contribution is 2.10. The van der Waals surface area contributed by atoms with Gasteiger partial charge < -0.3 is 10.6 Å².